The van der Waals surface area contributed by atoms with E-state index in [1.54, 1.807) is 0 Å². The first-order chi connectivity index (χ1) is 6.27. The molecule has 0 spiro atoms. The predicted molar refractivity (Wildman–Crippen MR) is 57.9 cm³/mol. The van der Waals surface area contributed by atoms with E-state index in [-0.39, 0.29) is 0 Å². The highest BCUT2D eigenvalue weighted by Crippen LogP contribution is 2.38. The summed E-state index contributed by atoms with van der Waals surface area (Å²) in [6.45, 7) is 6.11. The van der Waals surface area contributed by atoms with E-state index >= 15 is 0 Å². The van der Waals surface area contributed by atoms with Gasteiger partial charge in [0.15, 0.2) is 0 Å². The summed E-state index contributed by atoms with van der Waals surface area (Å²) in [6, 6.07) is 9.11. The second-order valence-electron chi connectivity index (χ2n) is 3.42. The molecule has 1 heteroatoms. The maximum atomic E-state index is 5.74. The van der Waals surface area contributed by atoms with E-state index in [9.17, 15) is 0 Å². The van der Waals surface area contributed by atoms with E-state index in [0.717, 1.165) is 0 Å². The van der Waals surface area contributed by atoms with Gasteiger partial charge in [-0.05, 0) is 18.9 Å². The fraction of sp³-hybridized carbons (Fsp3) is 0.500. The largest absolute Gasteiger partial charge is 0.327 e. The van der Waals surface area contributed by atoms with E-state index in [1.165, 1.54) is 17.5 Å². The highest BCUT2D eigenvalue weighted by atomic mass is 14.7. The molecule has 1 aromatic rings. The average Bonchev–Trinajstić information content (AvgIpc) is 2.88. The number of aryl methyl sites for hydroxylation is 1. The van der Waals surface area contributed by atoms with Gasteiger partial charge < -0.3 is 5.73 Å². The Balaban J connectivity index is 0.000000396. The van der Waals surface area contributed by atoms with Crippen molar-refractivity contribution in [2.75, 3.05) is 0 Å². The zero-order valence-corrected chi connectivity index (χ0v) is 8.75. The van der Waals surface area contributed by atoms with Crippen LogP contribution in [0.25, 0.3) is 0 Å². The zero-order valence-electron chi connectivity index (χ0n) is 8.75. The third kappa shape index (κ3) is 2.56. The van der Waals surface area contributed by atoms with Crippen LogP contribution in [0.4, 0.5) is 0 Å². The minimum atomic E-state index is 0.428. The van der Waals surface area contributed by atoms with Gasteiger partial charge in [0.25, 0.3) is 0 Å². The molecular weight excluding hydrogens is 158 g/mol. The van der Waals surface area contributed by atoms with Gasteiger partial charge in [-0.15, -0.1) is 0 Å². The molecule has 1 aromatic carbocycles. The normalized spacial score (nSPS) is 24.6. The molecule has 72 valence electrons. The molecule has 13 heavy (non-hydrogen) atoms. The number of benzene rings is 1. The molecule has 1 aliphatic rings. The Labute approximate surface area is 81.0 Å². The lowest BCUT2D eigenvalue weighted by Gasteiger charge is -1.97. The topological polar surface area (TPSA) is 26.0 Å². The van der Waals surface area contributed by atoms with Crippen molar-refractivity contribution in [3.05, 3.63) is 35.4 Å². The summed E-state index contributed by atoms with van der Waals surface area (Å²) >= 11 is 0. The molecule has 0 radical (unpaired) electrons. The van der Waals surface area contributed by atoms with Gasteiger partial charge >= 0.3 is 0 Å². The lowest BCUT2D eigenvalue weighted by Crippen LogP contribution is -2.00. The molecule has 2 N–H and O–H groups in total. The summed E-state index contributed by atoms with van der Waals surface area (Å²) in [6.07, 6.45) is 1.17. The quantitative estimate of drug-likeness (QED) is 0.701. The molecule has 2 unspecified atom stereocenters. The molecule has 0 aromatic heterocycles. The smallest absolute Gasteiger partial charge is 0.0115 e. The molecule has 1 saturated carbocycles. The lowest BCUT2D eigenvalue weighted by molar-refractivity contribution is 0.989. The Hall–Kier alpha value is -0.820. The molecule has 0 amide bonds. The summed E-state index contributed by atoms with van der Waals surface area (Å²) in [7, 11) is 0. The van der Waals surface area contributed by atoms with Crippen molar-refractivity contribution in [3.8, 4) is 0 Å². The Morgan fingerprint density at radius 2 is 1.62 bits per heavy atom. The first kappa shape index (κ1) is 10.3. The Bertz CT molecular complexity index is 250. The van der Waals surface area contributed by atoms with Crippen LogP contribution in [0.3, 0.4) is 0 Å². The van der Waals surface area contributed by atoms with Gasteiger partial charge in [0.1, 0.15) is 0 Å². The Kier molecular flexibility index (Phi) is 3.49. The molecule has 0 aliphatic heterocycles. The summed E-state index contributed by atoms with van der Waals surface area (Å²) < 4.78 is 0. The average molecular weight is 177 g/mol. The van der Waals surface area contributed by atoms with Crippen LogP contribution < -0.4 is 5.73 Å². The van der Waals surface area contributed by atoms with E-state index in [0.29, 0.717) is 12.0 Å². The van der Waals surface area contributed by atoms with Crippen LogP contribution in [0.1, 0.15) is 37.3 Å². The minimum Gasteiger partial charge on any atom is -0.327 e. The summed E-state index contributed by atoms with van der Waals surface area (Å²) in [4.78, 5) is 0. The van der Waals surface area contributed by atoms with Crippen LogP contribution in [0, 0.1) is 6.92 Å². The third-order valence-corrected chi connectivity index (χ3v) is 2.35. The van der Waals surface area contributed by atoms with Crippen molar-refractivity contribution in [2.45, 2.75) is 39.2 Å². The first-order valence-electron chi connectivity index (χ1n) is 5.09. The number of hydrogen-bond donors (Lipinski definition) is 1. The van der Waals surface area contributed by atoms with Crippen LogP contribution in [-0.4, -0.2) is 6.04 Å². The number of rotatable bonds is 1. The summed E-state index contributed by atoms with van der Waals surface area (Å²) in [5, 5.41) is 0. The minimum absolute atomic E-state index is 0.428. The summed E-state index contributed by atoms with van der Waals surface area (Å²) in [5.74, 6) is 0.649. The molecule has 1 aliphatic carbocycles. The van der Waals surface area contributed by atoms with Crippen molar-refractivity contribution in [1.82, 2.24) is 0 Å². The molecule has 2 rings (SSSR count). The van der Waals surface area contributed by atoms with Crippen molar-refractivity contribution >= 4 is 0 Å². The molecule has 1 fully saturated rings. The second-order valence-corrected chi connectivity index (χ2v) is 3.42. The molecule has 0 saturated heterocycles. The SMILES string of the molecule is CC.Cc1ccc(C2CC2N)cc1. The molecule has 1 nitrogen and oxygen atoms in total. The Morgan fingerprint density at radius 3 is 2.00 bits per heavy atom. The monoisotopic (exact) mass is 177 g/mol. The molecule has 0 heterocycles. The van der Waals surface area contributed by atoms with Gasteiger partial charge in [-0.3, -0.25) is 0 Å². The highest BCUT2D eigenvalue weighted by molar-refractivity contribution is 5.30. The van der Waals surface area contributed by atoms with Crippen molar-refractivity contribution in [2.24, 2.45) is 5.73 Å². The molecule has 2 atom stereocenters. The van der Waals surface area contributed by atoms with Crippen LogP contribution in [-0.2, 0) is 0 Å². The maximum absolute atomic E-state index is 5.74. The standard InChI is InChI=1S/C10H13N.C2H6/c1-7-2-4-8(5-3-7)9-6-10(9)11;1-2/h2-5,9-10H,6,11H2,1H3;1-2H3. The highest BCUT2D eigenvalue weighted by Gasteiger charge is 2.34. The van der Waals surface area contributed by atoms with E-state index in [2.05, 4.69) is 31.2 Å². The van der Waals surface area contributed by atoms with Crippen LogP contribution in [0.2, 0.25) is 0 Å². The van der Waals surface area contributed by atoms with Gasteiger partial charge in [0.05, 0.1) is 0 Å². The molecular formula is C12H19N. The van der Waals surface area contributed by atoms with Crippen molar-refractivity contribution in [1.29, 1.82) is 0 Å². The van der Waals surface area contributed by atoms with Gasteiger partial charge in [-0.1, -0.05) is 43.7 Å². The van der Waals surface area contributed by atoms with E-state index < -0.39 is 0 Å². The summed E-state index contributed by atoms with van der Waals surface area (Å²) in [5.41, 5.74) is 8.46. The van der Waals surface area contributed by atoms with Gasteiger partial charge in [-0.2, -0.15) is 0 Å². The lowest BCUT2D eigenvalue weighted by atomic mass is 10.1. The first-order valence-corrected chi connectivity index (χ1v) is 5.09. The van der Waals surface area contributed by atoms with Gasteiger partial charge in [0, 0.05) is 12.0 Å². The number of nitrogens with two attached hydrogens (primary N) is 1. The predicted octanol–water partition coefficient (Wildman–Crippen LogP) is 2.84. The van der Waals surface area contributed by atoms with Gasteiger partial charge in [0.2, 0.25) is 0 Å². The van der Waals surface area contributed by atoms with Crippen LogP contribution in [0.5, 0.6) is 0 Å². The van der Waals surface area contributed by atoms with Gasteiger partial charge in [-0.25, -0.2) is 0 Å². The fourth-order valence-electron chi connectivity index (χ4n) is 1.41. The molecule has 0 bridgehead atoms. The fourth-order valence-corrected chi connectivity index (χ4v) is 1.41. The third-order valence-electron chi connectivity index (χ3n) is 2.35. The van der Waals surface area contributed by atoms with Crippen molar-refractivity contribution < 1.29 is 0 Å². The van der Waals surface area contributed by atoms with E-state index in [1.807, 2.05) is 13.8 Å². The number of hydrogen-bond acceptors (Lipinski definition) is 1. The van der Waals surface area contributed by atoms with E-state index in [4.69, 9.17) is 5.73 Å². The maximum Gasteiger partial charge on any atom is 0.0115 e. The zero-order chi connectivity index (χ0) is 9.84. The Morgan fingerprint density at radius 1 is 1.15 bits per heavy atom. The van der Waals surface area contributed by atoms with Crippen LogP contribution >= 0.6 is 0 Å². The van der Waals surface area contributed by atoms with Crippen molar-refractivity contribution in [3.63, 3.8) is 0 Å². The van der Waals surface area contributed by atoms with Crippen LogP contribution in [0.15, 0.2) is 24.3 Å². The second kappa shape index (κ2) is 4.43.